The minimum absolute atomic E-state index is 0.198. The molecule has 1 heterocycles. The number of nitrogens with zero attached hydrogens (tertiary/aromatic N) is 2. The van der Waals surface area contributed by atoms with Crippen LogP contribution in [0.4, 0.5) is 4.39 Å². The molecule has 25 heavy (non-hydrogen) atoms. The molecule has 1 aliphatic rings. The first-order valence-electron chi connectivity index (χ1n) is 9.07. The van der Waals surface area contributed by atoms with Gasteiger partial charge in [0.2, 0.25) is 0 Å². The number of aliphatic hydroxyl groups is 1. The van der Waals surface area contributed by atoms with Crippen LogP contribution in [0.2, 0.25) is 0 Å². The van der Waals surface area contributed by atoms with Gasteiger partial charge in [0.05, 0.1) is 6.10 Å². The first-order chi connectivity index (χ1) is 12.2. The van der Waals surface area contributed by atoms with Gasteiger partial charge in [0.15, 0.2) is 0 Å². The van der Waals surface area contributed by atoms with Crippen molar-refractivity contribution >= 4 is 0 Å². The largest absolute Gasteiger partial charge is 0.392 e. The van der Waals surface area contributed by atoms with Gasteiger partial charge in [0.25, 0.3) is 0 Å². The number of benzene rings is 1. The van der Waals surface area contributed by atoms with E-state index in [1.54, 1.807) is 12.1 Å². The summed E-state index contributed by atoms with van der Waals surface area (Å²) < 4.78 is 15.6. The second-order valence-electron chi connectivity index (χ2n) is 6.94. The van der Waals surface area contributed by atoms with E-state index in [4.69, 9.17) is 0 Å². The monoisotopic (exact) mass is 342 g/mol. The van der Waals surface area contributed by atoms with E-state index in [2.05, 4.69) is 22.1 Å². The van der Waals surface area contributed by atoms with Gasteiger partial charge in [-0.05, 0) is 55.5 Å². The van der Waals surface area contributed by atoms with Crippen molar-refractivity contribution < 1.29 is 9.50 Å². The number of hydrogen-bond donors (Lipinski definition) is 1. The van der Waals surface area contributed by atoms with Crippen molar-refractivity contribution in [2.45, 2.75) is 50.9 Å². The summed E-state index contributed by atoms with van der Waals surface area (Å²) in [6, 6.07) is 11.5. The molecule has 1 atom stereocenters. The van der Waals surface area contributed by atoms with Crippen molar-refractivity contribution in [3.63, 3.8) is 0 Å². The molecule has 1 saturated carbocycles. The Labute approximate surface area is 149 Å². The van der Waals surface area contributed by atoms with Crippen LogP contribution in [-0.4, -0.2) is 33.3 Å². The van der Waals surface area contributed by atoms with Gasteiger partial charge in [-0.25, -0.2) is 4.39 Å². The van der Waals surface area contributed by atoms with Crippen LogP contribution < -0.4 is 0 Å². The molecule has 3 nitrogen and oxygen atoms in total. The third-order valence-corrected chi connectivity index (χ3v) is 4.74. The molecule has 3 rings (SSSR count). The van der Waals surface area contributed by atoms with Gasteiger partial charge in [-0.3, -0.25) is 4.90 Å². The number of allylic oxidation sites excluding steroid dienone is 1. The molecule has 1 aliphatic carbocycles. The number of aromatic nitrogens is 1. The number of aliphatic hydroxyl groups excluding tert-OH is 1. The van der Waals surface area contributed by atoms with Crippen LogP contribution in [0.15, 0.2) is 55.3 Å². The highest BCUT2D eigenvalue weighted by Gasteiger charge is 2.30. The van der Waals surface area contributed by atoms with E-state index in [9.17, 15) is 9.50 Å². The third kappa shape index (κ3) is 5.28. The zero-order valence-corrected chi connectivity index (χ0v) is 14.6. The highest BCUT2D eigenvalue weighted by atomic mass is 19.1. The molecule has 0 spiro atoms. The molecule has 134 valence electrons. The predicted octanol–water partition coefficient (Wildman–Crippen LogP) is 3.97. The standard InChI is InChI=1S/C21H27FN2O/c1-2-3-9-21(25)16-24(19-10-11-19)15-20-8-5-12-23(20)14-17-6-4-7-18(22)13-17/h2,4-8,12-13,19,21,25H,1,3,9-11,14-16H2/t21-/m1/s1. The molecule has 0 bridgehead atoms. The van der Waals surface area contributed by atoms with E-state index in [1.807, 2.05) is 24.4 Å². The van der Waals surface area contributed by atoms with E-state index in [1.165, 1.54) is 24.6 Å². The Morgan fingerprint density at radius 2 is 2.16 bits per heavy atom. The van der Waals surface area contributed by atoms with Crippen LogP contribution in [0.25, 0.3) is 0 Å². The summed E-state index contributed by atoms with van der Waals surface area (Å²) in [5, 5.41) is 10.3. The first kappa shape index (κ1) is 17.9. The number of halogens is 1. The van der Waals surface area contributed by atoms with E-state index in [0.29, 0.717) is 19.1 Å². The third-order valence-electron chi connectivity index (χ3n) is 4.74. The maximum absolute atomic E-state index is 13.4. The van der Waals surface area contributed by atoms with Crippen LogP contribution in [-0.2, 0) is 13.1 Å². The molecule has 0 amide bonds. The molecule has 0 unspecified atom stereocenters. The van der Waals surface area contributed by atoms with Crippen LogP contribution in [0.3, 0.4) is 0 Å². The zero-order valence-electron chi connectivity index (χ0n) is 14.6. The van der Waals surface area contributed by atoms with Crippen molar-refractivity contribution in [1.82, 2.24) is 9.47 Å². The molecule has 1 N–H and O–H groups in total. The lowest BCUT2D eigenvalue weighted by atomic mass is 10.1. The van der Waals surface area contributed by atoms with Crippen LogP contribution in [0.5, 0.6) is 0 Å². The lowest BCUT2D eigenvalue weighted by Crippen LogP contribution is -2.34. The average molecular weight is 342 g/mol. The van der Waals surface area contributed by atoms with Crippen molar-refractivity contribution in [2.75, 3.05) is 6.54 Å². The molecule has 1 aromatic carbocycles. The minimum atomic E-state index is -0.315. The molecule has 4 heteroatoms. The summed E-state index contributed by atoms with van der Waals surface area (Å²) in [6.45, 7) is 5.90. The van der Waals surface area contributed by atoms with Crippen molar-refractivity contribution in [3.05, 3.63) is 72.3 Å². The molecule has 0 saturated heterocycles. The van der Waals surface area contributed by atoms with Gasteiger partial charge in [0.1, 0.15) is 5.82 Å². The van der Waals surface area contributed by atoms with Crippen LogP contribution in [0, 0.1) is 5.82 Å². The summed E-state index contributed by atoms with van der Waals surface area (Å²) in [7, 11) is 0. The average Bonchev–Trinajstić information content (AvgIpc) is 3.35. The Hall–Kier alpha value is -1.91. The van der Waals surface area contributed by atoms with Crippen molar-refractivity contribution in [1.29, 1.82) is 0 Å². The van der Waals surface area contributed by atoms with Crippen molar-refractivity contribution in [2.24, 2.45) is 0 Å². The molecule has 0 radical (unpaired) electrons. The second-order valence-corrected chi connectivity index (χ2v) is 6.94. The molecular formula is C21H27FN2O. The van der Waals surface area contributed by atoms with Gasteiger partial charge in [-0.1, -0.05) is 18.2 Å². The highest BCUT2D eigenvalue weighted by molar-refractivity contribution is 5.19. The smallest absolute Gasteiger partial charge is 0.123 e. The summed E-state index contributed by atoms with van der Waals surface area (Å²) in [6.07, 6.45) is 7.60. The van der Waals surface area contributed by atoms with Gasteiger partial charge < -0.3 is 9.67 Å². The molecule has 0 aliphatic heterocycles. The minimum Gasteiger partial charge on any atom is -0.392 e. The van der Waals surface area contributed by atoms with E-state index < -0.39 is 0 Å². The second kappa shape index (κ2) is 8.45. The fourth-order valence-electron chi connectivity index (χ4n) is 3.24. The first-order valence-corrected chi connectivity index (χ1v) is 9.07. The SMILES string of the molecule is C=CCC[C@@H](O)CN(Cc1cccn1Cc1cccc(F)c1)C1CC1. The van der Waals surface area contributed by atoms with E-state index in [-0.39, 0.29) is 11.9 Å². The van der Waals surface area contributed by atoms with E-state index in [0.717, 1.165) is 24.9 Å². The number of rotatable bonds is 10. The Balaban J connectivity index is 1.65. The Bertz CT molecular complexity index is 693. The van der Waals surface area contributed by atoms with Crippen LogP contribution >= 0.6 is 0 Å². The van der Waals surface area contributed by atoms with E-state index >= 15 is 0 Å². The normalized spacial score (nSPS) is 15.5. The topological polar surface area (TPSA) is 28.4 Å². The molecular weight excluding hydrogens is 315 g/mol. The van der Waals surface area contributed by atoms with Gasteiger partial charge >= 0.3 is 0 Å². The molecule has 1 fully saturated rings. The van der Waals surface area contributed by atoms with Crippen LogP contribution in [0.1, 0.15) is 36.9 Å². The Morgan fingerprint density at radius 1 is 1.32 bits per heavy atom. The quantitative estimate of drug-likeness (QED) is 0.662. The summed E-state index contributed by atoms with van der Waals surface area (Å²) in [5.41, 5.74) is 2.16. The van der Waals surface area contributed by atoms with Gasteiger partial charge in [-0.15, -0.1) is 6.58 Å². The van der Waals surface area contributed by atoms with Gasteiger partial charge in [0, 0.05) is 37.6 Å². The Kier molecular flexibility index (Phi) is 6.05. The highest BCUT2D eigenvalue weighted by Crippen LogP contribution is 2.29. The van der Waals surface area contributed by atoms with Crippen molar-refractivity contribution in [3.8, 4) is 0 Å². The number of hydrogen-bond acceptors (Lipinski definition) is 2. The summed E-state index contributed by atoms with van der Waals surface area (Å²) in [5.74, 6) is -0.198. The zero-order chi connectivity index (χ0) is 17.6. The maximum atomic E-state index is 13.4. The fourth-order valence-corrected chi connectivity index (χ4v) is 3.24. The predicted molar refractivity (Wildman–Crippen MR) is 98.8 cm³/mol. The summed E-state index contributed by atoms with van der Waals surface area (Å²) in [4.78, 5) is 2.38. The maximum Gasteiger partial charge on any atom is 0.123 e. The lowest BCUT2D eigenvalue weighted by molar-refractivity contribution is 0.0967. The summed E-state index contributed by atoms with van der Waals surface area (Å²) >= 11 is 0. The molecule has 1 aromatic heterocycles. The Morgan fingerprint density at radius 3 is 2.88 bits per heavy atom. The molecule has 2 aromatic rings. The van der Waals surface area contributed by atoms with Gasteiger partial charge in [-0.2, -0.15) is 0 Å². The fraction of sp³-hybridized carbons (Fsp3) is 0.429. The lowest BCUT2D eigenvalue weighted by Gasteiger charge is -2.25.